The zero-order valence-corrected chi connectivity index (χ0v) is 20.3. The molecule has 4 rings (SSSR count). The van der Waals surface area contributed by atoms with Gasteiger partial charge in [-0.3, -0.25) is 9.56 Å². The van der Waals surface area contributed by atoms with Crippen LogP contribution in [-0.2, 0) is 6.54 Å². The van der Waals surface area contributed by atoms with E-state index in [2.05, 4.69) is 49.9 Å². The van der Waals surface area contributed by atoms with Gasteiger partial charge < -0.3 is 15.4 Å². The molecule has 0 unspecified atom stereocenters. The van der Waals surface area contributed by atoms with E-state index in [0.29, 0.717) is 13.2 Å². The van der Waals surface area contributed by atoms with E-state index < -0.39 is 0 Å². The molecule has 8 heteroatoms. The third-order valence-electron chi connectivity index (χ3n) is 4.87. The van der Waals surface area contributed by atoms with E-state index in [1.807, 2.05) is 41.1 Å². The summed E-state index contributed by atoms with van der Waals surface area (Å²) < 4.78 is 7.77. The van der Waals surface area contributed by atoms with Crippen molar-refractivity contribution in [2.24, 2.45) is 4.99 Å². The summed E-state index contributed by atoms with van der Waals surface area (Å²) in [6.45, 7) is 2.06. The second-order valence-corrected chi connectivity index (χ2v) is 7.06. The number of nitrogens with one attached hydrogen (secondary N) is 2. The molecule has 0 spiro atoms. The maximum absolute atomic E-state index is 5.89. The molecule has 0 atom stereocenters. The summed E-state index contributed by atoms with van der Waals surface area (Å²) in [6, 6.07) is 18.5. The minimum absolute atomic E-state index is 0. The van der Waals surface area contributed by atoms with E-state index in [1.54, 1.807) is 25.8 Å². The Morgan fingerprint density at radius 3 is 2.72 bits per heavy atom. The van der Waals surface area contributed by atoms with Crippen molar-refractivity contribution in [3.8, 4) is 11.6 Å². The highest BCUT2D eigenvalue weighted by Gasteiger charge is 2.02. The molecule has 4 aromatic rings. The van der Waals surface area contributed by atoms with Gasteiger partial charge in [0.1, 0.15) is 17.9 Å². The average Bonchev–Trinajstić information content (AvgIpc) is 3.36. The monoisotopic (exact) mass is 542 g/mol. The first-order chi connectivity index (χ1) is 15.3. The summed E-state index contributed by atoms with van der Waals surface area (Å²) in [7, 11) is 1.77. The summed E-state index contributed by atoms with van der Waals surface area (Å²) in [6.07, 6.45) is 8.02. The van der Waals surface area contributed by atoms with E-state index in [4.69, 9.17) is 4.74 Å². The van der Waals surface area contributed by atoms with Gasteiger partial charge in [0.15, 0.2) is 5.96 Å². The number of aliphatic imine (C=N–C) groups is 1. The van der Waals surface area contributed by atoms with Crippen molar-refractivity contribution in [1.29, 1.82) is 0 Å². The minimum Gasteiger partial charge on any atom is -0.494 e. The van der Waals surface area contributed by atoms with Crippen molar-refractivity contribution < 1.29 is 4.74 Å². The van der Waals surface area contributed by atoms with Crippen molar-refractivity contribution in [3.05, 3.63) is 85.1 Å². The van der Waals surface area contributed by atoms with E-state index in [9.17, 15) is 0 Å². The van der Waals surface area contributed by atoms with E-state index in [-0.39, 0.29) is 24.0 Å². The predicted octanol–water partition coefficient (Wildman–Crippen LogP) is 4.17. The lowest BCUT2D eigenvalue weighted by Crippen LogP contribution is -2.37. The van der Waals surface area contributed by atoms with Gasteiger partial charge in [-0.2, -0.15) is 0 Å². The summed E-state index contributed by atoms with van der Waals surface area (Å²) >= 11 is 0. The number of guanidine groups is 1. The summed E-state index contributed by atoms with van der Waals surface area (Å²) in [4.78, 5) is 12.7. The number of imidazole rings is 1. The van der Waals surface area contributed by atoms with E-state index >= 15 is 0 Å². The number of rotatable bonds is 8. The van der Waals surface area contributed by atoms with Crippen LogP contribution in [0.25, 0.3) is 16.6 Å². The molecule has 2 N–H and O–H groups in total. The fraction of sp³-hybridized carbons (Fsp3) is 0.208. The van der Waals surface area contributed by atoms with Crippen LogP contribution in [0.1, 0.15) is 12.0 Å². The molecule has 0 saturated heterocycles. The Balaban J connectivity index is 0.00000289. The third-order valence-corrected chi connectivity index (χ3v) is 4.87. The predicted molar refractivity (Wildman–Crippen MR) is 139 cm³/mol. The quantitative estimate of drug-likeness (QED) is 0.151. The maximum atomic E-state index is 5.89. The average molecular weight is 542 g/mol. The Bertz CT molecular complexity index is 1150. The first-order valence-corrected chi connectivity index (χ1v) is 10.3. The standard InChI is InChI=1S/C24H26N6O.HI/c1-25-24(29-17-19-9-11-27-23(15-19)30-13-12-26-18-30)28-10-4-14-31-22-8-7-20-5-2-3-6-21(20)16-22;/h2-3,5-9,11-13,15-16,18H,4,10,14,17H2,1H3,(H2,25,28,29);1H. The summed E-state index contributed by atoms with van der Waals surface area (Å²) in [5, 5.41) is 9.07. The SMILES string of the molecule is CN=C(NCCCOc1ccc2ccccc2c1)NCc1ccnc(-n2ccnc2)c1.I. The van der Waals surface area contributed by atoms with Gasteiger partial charge in [0.25, 0.3) is 0 Å². The molecule has 2 aromatic carbocycles. The molecule has 0 amide bonds. The molecule has 0 bridgehead atoms. The molecule has 2 aromatic heterocycles. The Morgan fingerprint density at radius 1 is 1.03 bits per heavy atom. The molecule has 166 valence electrons. The molecular formula is C24H27IN6O. The number of fused-ring (bicyclic) bond motifs is 1. The van der Waals surface area contributed by atoms with Gasteiger partial charge in [0.05, 0.1) is 6.61 Å². The van der Waals surface area contributed by atoms with Gasteiger partial charge in [-0.25, -0.2) is 9.97 Å². The number of aromatic nitrogens is 3. The van der Waals surface area contributed by atoms with Crippen LogP contribution in [0.4, 0.5) is 0 Å². The number of ether oxygens (including phenoxy) is 1. The molecule has 7 nitrogen and oxygen atoms in total. The van der Waals surface area contributed by atoms with Crippen LogP contribution in [0.5, 0.6) is 5.75 Å². The van der Waals surface area contributed by atoms with Gasteiger partial charge in [0.2, 0.25) is 0 Å². The Morgan fingerprint density at radius 2 is 1.91 bits per heavy atom. The van der Waals surface area contributed by atoms with Gasteiger partial charge in [0, 0.05) is 38.7 Å². The van der Waals surface area contributed by atoms with Gasteiger partial charge in [-0.05, 0) is 47.0 Å². The summed E-state index contributed by atoms with van der Waals surface area (Å²) in [5.41, 5.74) is 1.11. The molecule has 0 aliphatic rings. The fourth-order valence-electron chi connectivity index (χ4n) is 3.24. The molecule has 32 heavy (non-hydrogen) atoms. The second-order valence-electron chi connectivity index (χ2n) is 7.06. The Hall–Kier alpha value is -3.14. The molecule has 0 fully saturated rings. The number of hydrogen-bond acceptors (Lipinski definition) is 4. The van der Waals surface area contributed by atoms with Crippen LogP contribution in [0.15, 0.2) is 84.5 Å². The molecule has 0 aliphatic carbocycles. The van der Waals surface area contributed by atoms with Crippen LogP contribution in [0.3, 0.4) is 0 Å². The zero-order valence-electron chi connectivity index (χ0n) is 17.9. The van der Waals surface area contributed by atoms with Gasteiger partial charge >= 0.3 is 0 Å². The Kier molecular flexibility index (Phi) is 8.85. The Labute approximate surface area is 205 Å². The molecule has 0 saturated carbocycles. The van der Waals surface area contributed by atoms with E-state index in [0.717, 1.165) is 36.1 Å². The topological polar surface area (TPSA) is 76.4 Å². The molecule has 0 aliphatic heterocycles. The normalized spacial score (nSPS) is 11.1. The van der Waals surface area contributed by atoms with E-state index in [1.165, 1.54) is 10.8 Å². The number of halogens is 1. The minimum atomic E-state index is 0. The van der Waals surface area contributed by atoms with Crippen molar-refractivity contribution in [3.63, 3.8) is 0 Å². The number of pyridine rings is 1. The van der Waals surface area contributed by atoms with Gasteiger partial charge in [-0.1, -0.05) is 30.3 Å². The fourth-order valence-corrected chi connectivity index (χ4v) is 3.24. The third kappa shape index (κ3) is 6.43. The van der Waals surface area contributed by atoms with Crippen molar-refractivity contribution in [1.82, 2.24) is 25.2 Å². The maximum Gasteiger partial charge on any atom is 0.191 e. The lowest BCUT2D eigenvalue weighted by Gasteiger charge is -2.13. The van der Waals surface area contributed by atoms with Crippen LogP contribution in [0.2, 0.25) is 0 Å². The highest BCUT2D eigenvalue weighted by Crippen LogP contribution is 2.20. The van der Waals surface area contributed by atoms with Crippen LogP contribution in [-0.4, -0.2) is 40.7 Å². The molecular weight excluding hydrogens is 515 g/mol. The smallest absolute Gasteiger partial charge is 0.191 e. The largest absolute Gasteiger partial charge is 0.494 e. The van der Waals surface area contributed by atoms with Crippen molar-refractivity contribution >= 4 is 40.7 Å². The van der Waals surface area contributed by atoms with Crippen LogP contribution in [0, 0.1) is 0 Å². The van der Waals surface area contributed by atoms with Crippen LogP contribution >= 0.6 is 24.0 Å². The van der Waals surface area contributed by atoms with Gasteiger partial charge in [-0.15, -0.1) is 24.0 Å². The number of nitrogens with zero attached hydrogens (tertiary/aromatic N) is 4. The summed E-state index contributed by atoms with van der Waals surface area (Å²) in [5.74, 6) is 2.49. The number of hydrogen-bond donors (Lipinski definition) is 2. The zero-order chi connectivity index (χ0) is 21.3. The van der Waals surface area contributed by atoms with Crippen molar-refractivity contribution in [2.75, 3.05) is 20.2 Å². The number of benzene rings is 2. The second kappa shape index (κ2) is 12.0. The highest BCUT2D eigenvalue weighted by molar-refractivity contribution is 14.0. The lowest BCUT2D eigenvalue weighted by atomic mass is 10.1. The lowest BCUT2D eigenvalue weighted by molar-refractivity contribution is 0.311. The van der Waals surface area contributed by atoms with Crippen molar-refractivity contribution in [2.45, 2.75) is 13.0 Å². The first-order valence-electron chi connectivity index (χ1n) is 10.3. The molecule has 0 radical (unpaired) electrons. The van der Waals surface area contributed by atoms with Crippen LogP contribution < -0.4 is 15.4 Å². The first kappa shape index (κ1) is 23.5. The molecule has 2 heterocycles. The highest BCUT2D eigenvalue weighted by atomic mass is 127.